The van der Waals surface area contributed by atoms with Crippen molar-refractivity contribution in [3.8, 4) is 0 Å². The minimum Gasteiger partial charge on any atom is -0.349 e. The summed E-state index contributed by atoms with van der Waals surface area (Å²) in [5.41, 5.74) is 0.991. The van der Waals surface area contributed by atoms with Crippen LogP contribution in [0.3, 0.4) is 0 Å². The summed E-state index contributed by atoms with van der Waals surface area (Å²) in [6.07, 6.45) is 5.21. The summed E-state index contributed by atoms with van der Waals surface area (Å²) >= 11 is 1.17. The fraction of sp³-hybridized carbons (Fsp3) is 0.450. The Morgan fingerprint density at radius 1 is 1.15 bits per heavy atom. The average Bonchev–Trinajstić information content (AvgIpc) is 3.39. The van der Waals surface area contributed by atoms with Gasteiger partial charge in [0.05, 0.1) is 0 Å². The van der Waals surface area contributed by atoms with E-state index in [4.69, 9.17) is 0 Å². The zero-order chi connectivity index (χ0) is 19.0. The molecule has 2 fully saturated rings. The quantitative estimate of drug-likeness (QED) is 0.761. The highest BCUT2D eigenvalue weighted by molar-refractivity contribution is 7.94. The summed E-state index contributed by atoms with van der Waals surface area (Å²) in [7, 11) is -3.57. The second kappa shape index (κ2) is 7.28. The minimum absolute atomic E-state index is 0.0991. The first kappa shape index (κ1) is 18.5. The molecule has 2 aromatic rings. The molecular weight excluding hydrogens is 380 g/mol. The number of hydrogen-bond acceptors (Lipinski definition) is 4. The number of nitrogens with one attached hydrogen (secondary N) is 2. The minimum atomic E-state index is -3.57. The molecule has 2 aliphatic carbocycles. The van der Waals surface area contributed by atoms with E-state index in [1.807, 2.05) is 0 Å². The number of benzene rings is 1. The topological polar surface area (TPSA) is 75.3 Å². The number of sulfonamides is 1. The molecule has 0 unspecified atom stereocenters. The number of carbonyl (C=O) groups is 1. The van der Waals surface area contributed by atoms with Crippen molar-refractivity contribution in [2.75, 3.05) is 4.72 Å². The van der Waals surface area contributed by atoms with Crippen molar-refractivity contribution in [2.24, 2.45) is 17.8 Å². The van der Waals surface area contributed by atoms with E-state index in [9.17, 15) is 13.2 Å². The molecule has 4 rings (SSSR count). The van der Waals surface area contributed by atoms with Gasteiger partial charge in [0.1, 0.15) is 4.21 Å². The van der Waals surface area contributed by atoms with Gasteiger partial charge < -0.3 is 5.32 Å². The third-order valence-electron chi connectivity index (χ3n) is 5.95. The molecule has 5 nitrogen and oxygen atoms in total. The first-order chi connectivity index (χ1) is 12.9. The van der Waals surface area contributed by atoms with Gasteiger partial charge in [-0.15, -0.1) is 11.3 Å². The fourth-order valence-electron chi connectivity index (χ4n) is 4.61. The van der Waals surface area contributed by atoms with Crippen LogP contribution >= 0.6 is 11.3 Å². The van der Waals surface area contributed by atoms with Gasteiger partial charge in [-0.1, -0.05) is 12.5 Å². The van der Waals surface area contributed by atoms with Crippen LogP contribution in [0.15, 0.2) is 46.0 Å². The van der Waals surface area contributed by atoms with Crippen LogP contribution in [0.4, 0.5) is 5.69 Å². The maximum atomic E-state index is 12.6. The molecule has 0 saturated heterocycles. The van der Waals surface area contributed by atoms with Gasteiger partial charge in [-0.25, -0.2) is 8.42 Å². The second-order valence-electron chi connectivity index (χ2n) is 7.72. The summed E-state index contributed by atoms with van der Waals surface area (Å²) in [6, 6.07) is 10.0. The van der Waals surface area contributed by atoms with Gasteiger partial charge in [0, 0.05) is 17.3 Å². The van der Waals surface area contributed by atoms with Gasteiger partial charge in [-0.3, -0.25) is 9.52 Å². The van der Waals surface area contributed by atoms with Crippen LogP contribution in [-0.4, -0.2) is 20.4 Å². The Morgan fingerprint density at radius 2 is 1.93 bits per heavy atom. The molecule has 2 aliphatic rings. The van der Waals surface area contributed by atoms with E-state index in [0.717, 1.165) is 11.8 Å². The van der Waals surface area contributed by atoms with Crippen molar-refractivity contribution >= 4 is 33.0 Å². The van der Waals surface area contributed by atoms with Crippen LogP contribution in [0.1, 0.15) is 43.0 Å². The van der Waals surface area contributed by atoms with Crippen LogP contribution in [0.25, 0.3) is 0 Å². The lowest BCUT2D eigenvalue weighted by molar-refractivity contribution is 0.0915. The summed E-state index contributed by atoms with van der Waals surface area (Å²) in [4.78, 5) is 12.6. The van der Waals surface area contributed by atoms with E-state index >= 15 is 0 Å². The van der Waals surface area contributed by atoms with Crippen molar-refractivity contribution in [3.63, 3.8) is 0 Å². The summed E-state index contributed by atoms with van der Waals surface area (Å²) in [5.74, 6) is 2.11. The molecule has 1 heterocycles. The zero-order valence-electron chi connectivity index (χ0n) is 15.2. The smallest absolute Gasteiger partial charge is 0.271 e. The molecule has 144 valence electrons. The van der Waals surface area contributed by atoms with Crippen molar-refractivity contribution in [3.05, 3.63) is 47.3 Å². The number of thiophene rings is 1. The summed E-state index contributed by atoms with van der Waals surface area (Å²) in [6.45, 7) is 2.10. The lowest BCUT2D eigenvalue weighted by Crippen LogP contribution is -2.40. The van der Waals surface area contributed by atoms with Crippen LogP contribution in [0, 0.1) is 17.8 Å². The molecule has 2 bridgehead atoms. The highest BCUT2D eigenvalue weighted by Gasteiger charge is 2.42. The molecule has 2 saturated carbocycles. The number of rotatable bonds is 6. The third-order valence-corrected chi connectivity index (χ3v) is 8.73. The molecular formula is C20H24N2O3S2. The number of amides is 1. The maximum absolute atomic E-state index is 12.6. The molecule has 2 N–H and O–H groups in total. The highest BCUT2D eigenvalue weighted by Crippen LogP contribution is 2.49. The predicted octanol–water partition coefficient (Wildman–Crippen LogP) is 4.10. The van der Waals surface area contributed by atoms with E-state index in [0.29, 0.717) is 17.2 Å². The van der Waals surface area contributed by atoms with E-state index in [1.54, 1.807) is 41.8 Å². The van der Waals surface area contributed by atoms with E-state index in [1.165, 1.54) is 37.0 Å². The van der Waals surface area contributed by atoms with Crippen molar-refractivity contribution in [2.45, 2.75) is 42.9 Å². The number of anilines is 1. The van der Waals surface area contributed by atoms with Crippen LogP contribution < -0.4 is 10.0 Å². The first-order valence-electron chi connectivity index (χ1n) is 9.39. The zero-order valence-corrected chi connectivity index (χ0v) is 16.9. The van der Waals surface area contributed by atoms with Crippen LogP contribution in [0.2, 0.25) is 0 Å². The Morgan fingerprint density at radius 3 is 2.52 bits per heavy atom. The Kier molecular flexibility index (Phi) is 4.99. The van der Waals surface area contributed by atoms with Crippen LogP contribution in [-0.2, 0) is 10.0 Å². The average molecular weight is 405 g/mol. The lowest BCUT2D eigenvalue weighted by Gasteiger charge is -2.28. The number of hydrogen-bond donors (Lipinski definition) is 2. The monoisotopic (exact) mass is 404 g/mol. The van der Waals surface area contributed by atoms with Gasteiger partial charge in [-0.2, -0.15) is 0 Å². The largest absolute Gasteiger partial charge is 0.349 e. The molecule has 1 aromatic carbocycles. The Balaban J connectivity index is 1.38. The van der Waals surface area contributed by atoms with Gasteiger partial charge in [0.25, 0.3) is 15.9 Å². The van der Waals surface area contributed by atoms with E-state index < -0.39 is 10.0 Å². The van der Waals surface area contributed by atoms with E-state index in [-0.39, 0.29) is 16.2 Å². The van der Waals surface area contributed by atoms with Gasteiger partial charge >= 0.3 is 0 Å². The van der Waals surface area contributed by atoms with Gasteiger partial charge in [0.2, 0.25) is 0 Å². The standard InChI is InChI=1S/C20H24N2O3S2/c1-13(18-12-14-4-5-16(18)11-14)21-20(23)15-6-8-17(9-7-15)22-27(24,25)19-3-2-10-26-19/h2-3,6-10,13-14,16,18,22H,4-5,11-12H2,1H3,(H,21,23)/t13-,14+,16+,18-/m1/s1. The highest BCUT2D eigenvalue weighted by atomic mass is 32.2. The van der Waals surface area contributed by atoms with Gasteiger partial charge in [0.15, 0.2) is 0 Å². The van der Waals surface area contributed by atoms with Crippen LogP contribution in [0.5, 0.6) is 0 Å². The molecule has 0 radical (unpaired) electrons. The van der Waals surface area contributed by atoms with E-state index in [2.05, 4.69) is 17.0 Å². The molecule has 0 spiro atoms. The van der Waals surface area contributed by atoms with Crippen molar-refractivity contribution in [1.29, 1.82) is 0 Å². The SMILES string of the molecule is C[C@@H](NC(=O)c1ccc(NS(=O)(=O)c2cccs2)cc1)[C@H]1C[C@H]2CC[C@H]1C2. The molecule has 4 atom stereocenters. The molecule has 27 heavy (non-hydrogen) atoms. The first-order valence-corrected chi connectivity index (χ1v) is 11.8. The summed E-state index contributed by atoms with van der Waals surface area (Å²) < 4.78 is 27.3. The number of fused-ring (bicyclic) bond motifs is 2. The normalized spacial score (nSPS) is 25.3. The summed E-state index contributed by atoms with van der Waals surface area (Å²) in [5, 5.41) is 4.86. The Labute approximate surface area is 164 Å². The molecule has 1 aromatic heterocycles. The number of carbonyl (C=O) groups excluding carboxylic acids is 1. The lowest BCUT2D eigenvalue weighted by atomic mass is 9.84. The third kappa shape index (κ3) is 3.89. The molecule has 0 aliphatic heterocycles. The molecule has 7 heteroatoms. The van der Waals surface area contributed by atoms with Crippen molar-refractivity contribution < 1.29 is 13.2 Å². The fourth-order valence-corrected chi connectivity index (χ4v) is 6.67. The Hall–Kier alpha value is -1.86. The predicted molar refractivity (Wildman–Crippen MR) is 107 cm³/mol. The van der Waals surface area contributed by atoms with Crippen molar-refractivity contribution in [1.82, 2.24) is 5.32 Å². The Bertz CT molecular complexity index is 907. The van der Waals surface area contributed by atoms with Gasteiger partial charge in [-0.05, 0) is 79.7 Å². The maximum Gasteiger partial charge on any atom is 0.271 e. The second-order valence-corrected chi connectivity index (χ2v) is 10.6. The molecule has 1 amide bonds.